The van der Waals surface area contributed by atoms with Crippen LogP contribution in [0, 0.1) is 5.92 Å². The molecule has 0 bridgehead atoms. The molecule has 1 rings (SSSR count). The molecular weight excluding hydrogens is 288 g/mol. The Morgan fingerprint density at radius 2 is 1.39 bits per heavy atom. The van der Waals surface area contributed by atoms with Crippen LogP contribution in [-0.4, -0.2) is 17.9 Å². The lowest BCUT2D eigenvalue weighted by Crippen LogP contribution is -2.46. The minimum absolute atomic E-state index is 0.0209. The minimum atomic E-state index is -0.535. The maximum absolute atomic E-state index is 12.7. The number of benzene rings is 1. The normalized spacial score (nSPS) is 12.6. The summed E-state index contributed by atoms with van der Waals surface area (Å²) in [6.45, 7) is 13.7. The van der Waals surface area contributed by atoms with Crippen molar-refractivity contribution >= 4 is 17.5 Å². The van der Waals surface area contributed by atoms with Crippen molar-refractivity contribution in [2.45, 2.75) is 66.3 Å². The summed E-state index contributed by atoms with van der Waals surface area (Å²) < 4.78 is 0. The number of anilines is 1. The summed E-state index contributed by atoms with van der Waals surface area (Å²) in [7, 11) is 0. The van der Waals surface area contributed by atoms with Crippen molar-refractivity contribution in [2.24, 2.45) is 5.92 Å². The lowest BCUT2D eigenvalue weighted by molar-refractivity contribution is -0.126. The molecule has 2 N–H and O–H groups in total. The van der Waals surface area contributed by atoms with E-state index in [-0.39, 0.29) is 17.7 Å². The third-order valence-corrected chi connectivity index (χ3v) is 3.93. The van der Waals surface area contributed by atoms with E-state index < -0.39 is 6.04 Å². The fraction of sp³-hybridized carbons (Fsp3) is 0.579. The molecule has 128 valence electrons. The van der Waals surface area contributed by atoms with Gasteiger partial charge in [0.1, 0.15) is 6.04 Å². The molecule has 1 aromatic carbocycles. The minimum Gasteiger partial charge on any atom is -0.344 e. The highest BCUT2D eigenvalue weighted by molar-refractivity contribution is 5.98. The van der Waals surface area contributed by atoms with Gasteiger partial charge in [-0.25, -0.2) is 0 Å². The summed E-state index contributed by atoms with van der Waals surface area (Å²) in [5, 5.41) is 5.82. The van der Waals surface area contributed by atoms with E-state index in [1.165, 1.54) is 6.92 Å². The van der Waals surface area contributed by atoms with Gasteiger partial charge < -0.3 is 10.6 Å². The zero-order valence-electron chi connectivity index (χ0n) is 15.4. The van der Waals surface area contributed by atoms with Gasteiger partial charge >= 0.3 is 0 Å². The van der Waals surface area contributed by atoms with E-state index in [0.29, 0.717) is 11.8 Å². The maximum Gasteiger partial charge on any atom is 0.247 e. The molecule has 0 aliphatic rings. The highest BCUT2D eigenvalue weighted by Gasteiger charge is 2.25. The van der Waals surface area contributed by atoms with Crippen LogP contribution >= 0.6 is 0 Å². The number of hydrogen-bond donors (Lipinski definition) is 2. The molecule has 0 aromatic heterocycles. The molecule has 0 fully saturated rings. The Balaban J connectivity index is 3.20. The first-order valence-corrected chi connectivity index (χ1v) is 8.35. The van der Waals surface area contributed by atoms with Gasteiger partial charge in [0.15, 0.2) is 0 Å². The zero-order chi connectivity index (χ0) is 17.7. The molecule has 2 amide bonds. The number of carbonyl (C=O) groups is 2. The third-order valence-electron chi connectivity index (χ3n) is 3.93. The average molecular weight is 318 g/mol. The van der Waals surface area contributed by atoms with Crippen LogP contribution in [0.4, 0.5) is 5.69 Å². The van der Waals surface area contributed by atoms with E-state index in [1.807, 2.05) is 19.9 Å². The topological polar surface area (TPSA) is 58.2 Å². The highest BCUT2D eigenvalue weighted by Crippen LogP contribution is 2.32. The van der Waals surface area contributed by atoms with Crippen LogP contribution in [0.1, 0.15) is 71.4 Å². The van der Waals surface area contributed by atoms with Gasteiger partial charge in [-0.15, -0.1) is 0 Å². The number of hydrogen-bond acceptors (Lipinski definition) is 2. The smallest absolute Gasteiger partial charge is 0.247 e. The first-order chi connectivity index (χ1) is 10.6. The second-order valence-corrected chi connectivity index (χ2v) is 7.03. The van der Waals surface area contributed by atoms with E-state index in [1.54, 1.807) is 0 Å². The fourth-order valence-electron chi connectivity index (χ4n) is 2.65. The Morgan fingerprint density at radius 1 is 0.913 bits per heavy atom. The first-order valence-electron chi connectivity index (χ1n) is 8.35. The van der Waals surface area contributed by atoms with E-state index in [4.69, 9.17) is 0 Å². The Hall–Kier alpha value is -1.84. The molecule has 0 saturated carbocycles. The SMILES string of the molecule is CC(=O)N[C@H](C(=O)Nc1c(C(C)C)cccc1C(C)C)C(C)C. The summed E-state index contributed by atoms with van der Waals surface area (Å²) in [6.07, 6.45) is 0. The van der Waals surface area contributed by atoms with Crippen LogP contribution in [0.5, 0.6) is 0 Å². The lowest BCUT2D eigenvalue weighted by Gasteiger charge is -2.25. The van der Waals surface area contributed by atoms with E-state index in [0.717, 1.165) is 16.8 Å². The molecule has 0 aliphatic carbocycles. The molecule has 23 heavy (non-hydrogen) atoms. The van der Waals surface area contributed by atoms with E-state index >= 15 is 0 Å². The van der Waals surface area contributed by atoms with Crippen molar-refractivity contribution in [3.63, 3.8) is 0 Å². The number of amides is 2. The molecule has 4 nitrogen and oxygen atoms in total. The van der Waals surface area contributed by atoms with Crippen molar-refractivity contribution in [1.82, 2.24) is 5.32 Å². The lowest BCUT2D eigenvalue weighted by atomic mass is 9.92. The van der Waals surface area contributed by atoms with Gasteiger partial charge in [0.05, 0.1) is 0 Å². The zero-order valence-corrected chi connectivity index (χ0v) is 15.4. The molecule has 0 aliphatic heterocycles. The highest BCUT2D eigenvalue weighted by atomic mass is 16.2. The maximum atomic E-state index is 12.7. The first kappa shape index (κ1) is 19.2. The number of nitrogens with one attached hydrogen (secondary N) is 2. The molecule has 0 saturated heterocycles. The van der Waals surface area contributed by atoms with Gasteiger partial charge in [-0.3, -0.25) is 9.59 Å². The molecule has 0 spiro atoms. The van der Waals surface area contributed by atoms with Crippen LogP contribution < -0.4 is 10.6 Å². The van der Waals surface area contributed by atoms with Gasteiger partial charge in [0.25, 0.3) is 0 Å². The molecule has 0 radical (unpaired) electrons. The Morgan fingerprint density at radius 3 is 1.74 bits per heavy atom. The quantitative estimate of drug-likeness (QED) is 0.832. The van der Waals surface area contributed by atoms with Gasteiger partial charge in [-0.05, 0) is 28.9 Å². The van der Waals surface area contributed by atoms with Crippen LogP contribution in [-0.2, 0) is 9.59 Å². The molecular formula is C19H30N2O2. The monoisotopic (exact) mass is 318 g/mol. The number of rotatable bonds is 6. The van der Waals surface area contributed by atoms with Crippen LogP contribution in [0.2, 0.25) is 0 Å². The Kier molecular flexibility index (Phi) is 6.79. The average Bonchev–Trinajstić information content (AvgIpc) is 2.43. The molecule has 1 aromatic rings. The molecule has 1 atom stereocenters. The van der Waals surface area contributed by atoms with Gasteiger partial charge in [-0.2, -0.15) is 0 Å². The summed E-state index contributed by atoms with van der Waals surface area (Å²) in [5.74, 6) is 0.280. The Labute approximate surface area is 140 Å². The molecule has 0 unspecified atom stereocenters. The van der Waals surface area contributed by atoms with Crippen molar-refractivity contribution < 1.29 is 9.59 Å². The van der Waals surface area contributed by atoms with Crippen LogP contribution in [0.15, 0.2) is 18.2 Å². The second kappa shape index (κ2) is 8.14. The van der Waals surface area contributed by atoms with Crippen molar-refractivity contribution in [3.05, 3.63) is 29.3 Å². The van der Waals surface area contributed by atoms with Gasteiger partial charge in [0, 0.05) is 12.6 Å². The third kappa shape index (κ3) is 5.08. The van der Waals surface area contributed by atoms with Crippen LogP contribution in [0.3, 0.4) is 0 Å². The van der Waals surface area contributed by atoms with Gasteiger partial charge in [-0.1, -0.05) is 59.7 Å². The van der Waals surface area contributed by atoms with Crippen molar-refractivity contribution in [2.75, 3.05) is 5.32 Å². The van der Waals surface area contributed by atoms with E-state index in [2.05, 4.69) is 50.5 Å². The predicted molar refractivity (Wildman–Crippen MR) is 95.7 cm³/mol. The molecule has 4 heteroatoms. The number of para-hydroxylation sites is 1. The second-order valence-electron chi connectivity index (χ2n) is 7.03. The summed E-state index contributed by atoms with van der Waals surface area (Å²) in [4.78, 5) is 24.1. The standard InChI is InChI=1S/C19H30N2O2/c1-11(2)15-9-8-10-16(12(3)4)18(15)21-19(23)17(13(5)6)20-14(7)22/h8-13,17H,1-7H3,(H,20,22)(H,21,23)/t17-/m0/s1. The van der Waals surface area contributed by atoms with Crippen molar-refractivity contribution in [3.8, 4) is 0 Å². The summed E-state index contributed by atoms with van der Waals surface area (Å²) >= 11 is 0. The van der Waals surface area contributed by atoms with E-state index in [9.17, 15) is 9.59 Å². The van der Waals surface area contributed by atoms with Crippen LogP contribution in [0.25, 0.3) is 0 Å². The number of carbonyl (C=O) groups excluding carboxylic acids is 2. The summed E-state index contributed by atoms with van der Waals surface area (Å²) in [5.41, 5.74) is 3.13. The summed E-state index contributed by atoms with van der Waals surface area (Å²) in [6, 6.07) is 5.60. The van der Waals surface area contributed by atoms with Gasteiger partial charge in [0.2, 0.25) is 11.8 Å². The predicted octanol–water partition coefficient (Wildman–Crippen LogP) is 4.03. The Bertz CT molecular complexity index is 536. The largest absolute Gasteiger partial charge is 0.344 e. The fourth-order valence-corrected chi connectivity index (χ4v) is 2.65. The molecule has 0 heterocycles. The van der Waals surface area contributed by atoms with Crippen molar-refractivity contribution in [1.29, 1.82) is 0 Å².